The molecule has 3 aromatic rings. The molecule has 0 saturated carbocycles. The van der Waals surface area contributed by atoms with E-state index in [1.807, 2.05) is 60.8 Å². The molecule has 6 heteroatoms. The van der Waals surface area contributed by atoms with Gasteiger partial charge < -0.3 is 4.90 Å². The number of thiophene rings is 1. The Bertz CT molecular complexity index is 914. The van der Waals surface area contributed by atoms with Crippen LogP contribution in [0.3, 0.4) is 0 Å². The third kappa shape index (κ3) is 3.52. The highest BCUT2D eigenvalue weighted by molar-refractivity contribution is 7.89. The highest BCUT2D eigenvalue weighted by Crippen LogP contribution is 2.24. The molecule has 0 spiro atoms. The van der Waals surface area contributed by atoms with Gasteiger partial charge in [-0.25, -0.2) is 13.1 Å². The van der Waals surface area contributed by atoms with Crippen LogP contribution < -0.4 is 4.72 Å². The summed E-state index contributed by atoms with van der Waals surface area (Å²) in [7, 11) is 0.326. The normalized spacial score (nSPS) is 13.5. The van der Waals surface area contributed by atoms with Crippen molar-refractivity contribution in [2.75, 3.05) is 20.6 Å². The Morgan fingerprint density at radius 2 is 1.83 bits per heavy atom. The van der Waals surface area contributed by atoms with Gasteiger partial charge in [-0.05, 0) is 47.9 Å². The predicted octanol–water partition coefficient (Wildman–Crippen LogP) is 3.48. The third-order valence-electron chi connectivity index (χ3n) is 4.06. The molecule has 24 heavy (non-hydrogen) atoms. The van der Waals surface area contributed by atoms with Crippen LogP contribution in [0.25, 0.3) is 10.8 Å². The number of hydrogen-bond acceptors (Lipinski definition) is 4. The van der Waals surface area contributed by atoms with Gasteiger partial charge in [-0.15, -0.1) is 0 Å². The van der Waals surface area contributed by atoms with Gasteiger partial charge in [-0.1, -0.05) is 36.4 Å². The van der Waals surface area contributed by atoms with Crippen LogP contribution in [0.5, 0.6) is 0 Å². The van der Waals surface area contributed by atoms with Crippen LogP contribution in [0.15, 0.2) is 64.2 Å². The Morgan fingerprint density at radius 3 is 2.54 bits per heavy atom. The van der Waals surface area contributed by atoms with Crippen molar-refractivity contribution in [3.63, 3.8) is 0 Å². The Hall–Kier alpha value is -1.73. The zero-order chi connectivity index (χ0) is 17.2. The molecular formula is C18H20N2O2S2. The van der Waals surface area contributed by atoms with E-state index in [2.05, 4.69) is 10.1 Å². The molecule has 1 aromatic heterocycles. The molecule has 4 nitrogen and oxygen atoms in total. The van der Waals surface area contributed by atoms with E-state index in [-0.39, 0.29) is 6.04 Å². The minimum Gasteiger partial charge on any atom is -0.301 e. The third-order valence-corrected chi connectivity index (χ3v) is 6.24. The van der Waals surface area contributed by atoms with Crippen LogP contribution in [0, 0.1) is 0 Å². The molecule has 0 aliphatic carbocycles. The number of fused-ring (bicyclic) bond motifs is 1. The first-order valence-corrected chi connectivity index (χ1v) is 10.1. The van der Waals surface area contributed by atoms with E-state index in [1.165, 1.54) is 0 Å². The van der Waals surface area contributed by atoms with Gasteiger partial charge in [-0.2, -0.15) is 11.3 Å². The summed E-state index contributed by atoms with van der Waals surface area (Å²) < 4.78 is 28.4. The highest BCUT2D eigenvalue weighted by Gasteiger charge is 2.21. The molecule has 2 aromatic carbocycles. The number of rotatable bonds is 6. The number of sulfonamides is 1. The minimum atomic E-state index is -3.58. The molecule has 0 aliphatic heterocycles. The Kier molecular flexibility index (Phi) is 5.01. The molecule has 1 heterocycles. The van der Waals surface area contributed by atoms with E-state index in [0.717, 1.165) is 16.3 Å². The molecule has 0 fully saturated rings. The summed E-state index contributed by atoms with van der Waals surface area (Å²) in [5, 5.41) is 5.72. The van der Waals surface area contributed by atoms with Crippen molar-refractivity contribution < 1.29 is 8.42 Å². The van der Waals surface area contributed by atoms with Crippen LogP contribution in [-0.2, 0) is 10.0 Å². The van der Waals surface area contributed by atoms with E-state index in [4.69, 9.17) is 0 Å². The number of nitrogens with zero attached hydrogens (tertiary/aromatic N) is 1. The topological polar surface area (TPSA) is 49.4 Å². The number of benzene rings is 2. The van der Waals surface area contributed by atoms with Gasteiger partial charge in [0.15, 0.2) is 0 Å². The first-order chi connectivity index (χ1) is 11.5. The van der Waals surface area contributed by atoms with Crippen molar-refractivity contribution in [3.05, 3.63) is 64.9 Å². The molecule has 0 amide bonds. The highest BCUT2D eigenvalue weighted by atomic mass is 32.2. The van der Waals surface area contributed by atoms with E-state index in [0.29, 0.717) is 11.4 Å². The fourth-order valence-corrected chi connectivity index (χ4v) is 4.73. The summed E-state index contributed by atoms with van der Waals surface area (Å²) in [6, 6.07) is 14.9. The van der Waals surface area contributed by atoms with Crippen LogP contribution >= 0.6 is 11.3 Å². The summed E-state index contributed by atoms with van der Waals surface area (Å²) in [4.78, 5) is 2.34. The van der Waals surface area contributed by atoms with Crippen molar-refractivity contribution >= 4 is 32.1 Å². The van der Waals surface area contributed by atoms with Crippen molar-refractivity contribution in [1.82, 2.24) is 9.62 Å². The molecule has 1 N–H and O–H groups in total. The zero-order valence-corrected chi connectivity index (χ0v) is 15.3. The van der Waals surface area contributed by atoms with Crippen LogP contribution in [0.1, 0.15) is 11.6 Å². The van der Waals surface area contributed by atoms with E-state index >= 15 is 0 Å². The van der Waals surface area contributed by atoms with Crippen LogP contribution in [-0.4, -0.2) is 34.0 Å². The average molecular weight is 361 g/mol. The Labute approximate surface area is 146 Å². The molecule has 126 valence electrons. The lowest BCUT2D eigenvalue weighted by Gasteiger charge is -2.24. The summed E-state index contributed by atoms with van der Waals surface area (Å²) in [6.45, 7) is 0.329. The maximum absolute atomic E-state index is 12.8. The minimum absolute atomic E-state index is 0.000927. The van der Waals surface area contributed by atoms with E-state index < -0.39 is 10.0 Å². The number of nitrogens with one attached hydrogen (secondary N) is 1. The lowest BCUT2D eigenvalue weighted by atomic mass is 10.1. The average Bonchev–Trinajstić information content (AvgIpc) is 3.08. The number of likely N-dealkylation sites (N-methyl/N-ethyl adjacent to an activating group) is 1. The van der Waals surface area contributed by atoms with Gasteiger partial charge in [0, 0.05) is 18.0 Å². The summed E-state index contributed by atoms with van der Waals surface area (Å²) in [6.07, 6.45) is 0. The second kappa shape index (κ2) is 7.03. The van der Waals surface area contributed by atoms with Crippen molar-refractivity contribution in [3.8, 4) is 0 Å². The Balaban J connectivity index is 1.88. The summed E-state index contributed by atoms with van der Waals surface area (Å²) >= 11 is 1.61. The summed E-state index contributed by atoms with van der Waals surface area (Å²) in [5.41, 5.74) is 1.12. The number of hydrogen-bond donors (Lipinski definition) is 1. The second-order valence-electron chi connectivity index (χ2n) is 5.87. The molecule has 1 unspecified atom stereocenters. The molecular weight excluding hydrogens is 340 g/mol. The molecule has 1 atom stereocenters. The van der Waals surface area contributed by atoms with Gasteiger partial charge in [-0.3, -0.25) is 0 Å². The predicted molar refractivity (Wildman–Crippen MR) is 99.9 cm³/mol. The summed E-state index contributed by atoms with van der Waals surface area (Å²) in [5.74, 6) is 0. The van der Waals surface area contributed by atoms with Crippen molar-refractivity contribution in [2.45, 2.75) is 10.9 Å². The molecule has 0 saturated heterocycles. The first kappa shape index (κ1) is 17.1. The standard InChI is InChI=1S/C18H20N2O2S2/c1-20(2)17(15-10-11-23-13-15)12-19-24(21,22)18-9-5-7-14-6-3-4-8-16(14)18/h3-11,13,17,19H,12H2,1-2H3. The second-order valence-corrected chi connectivity index (χ2v) is 8.38. The fraction of sp³-hybridized carbons (Fsp3) is 0.222. The molecule has 0 bridgehead atoms. The van der Waals surface area contributed by atoms with Crippen LogP contribution in [0.2, 0.25) is 0 Å². The fourth-order valence-electron chi connectivity index (χ4n) is 2.76. The lowest BCUT2D eigenvalue weighted by molar-refractivity contribution is 0.300. The smallest absolute Gasteiger partial charge is 0.241 e. The monoisotopic (exact) mass is 360 g/mol. The van der Waals surface area contributed by atoms with Gasteiger partial charge >= 0.3 is 0 Å². The van der Waals surface area contributed by atoms with Crippen molar-refractivity contribution in [2.24, 2.45) is 0 Å². The van der Waals surface area contributed by atoms with E-state index in [9.17, 15) is 8.42 Å². The SMILES string of the molecule is CN(C)C(CNS(=O)(=O)c1cccc2ccccc12)c1ccsc1. The largest absolute Gasteiger partial charge is 0.301 e. The van der Waals surface area contributed by atoms with Gasteiger partial charge in [0.25, 0.3) is 0 Å². The van der Waals surface area contributed by atoms with Gasteiger partial charge in [0.2, 0.25) is 10.0 Å². The molecule has 3 rings (SSSR count). The maximum Gasteiger partial charge on any atom is 0.241 e. The lowest BCUT2D eigenvalue weighted by Crippen LogP contribution is -2.34. The molecule has 0 aliphatic rings. The van der Waals surface area contributed by atoms with Crippen LogP contribution in [0.4, 0.5) is 0 Å². The molecule has 0 radical (unpaired) electrons. The first-order valence-electron chi connectivity index (χ1n) is 7.65. The van der Waals surface area contributed by atoms with E-state index in [1.54, 1.807) is 23.5 Å². The van der Waals surface area contributed by atoms with Gasteiger partial charge in [0.05, 0.1) is 4.90 Å². The van der Waals surface area contributed by atoms with Gasteiger partial charge in [0.1, 0.15) is 0 Å². The maximum atomic E-state index is 12.8. The quantitative estimate of drug-likeness (QED) is 0.732. The zero-order valence-electron chi connectivity index (χ0n) is 13.6. The Morgan fingerprint density at radius 1 is 1.08 bits per heavy atom. The van der Waals surface area contributed by atoms with Crippen molar-refractivity contribution in [1.29, 1.82) is 0 Å².